The number of aromatic nitrogens is 1. The van der Waals surface area contributed by atoms with Crippen LogP contribution in [0.25, 0.3) is 33.3 Å². The fourth-order valence-electron chi connectivity index (χ4n) is 5.99. The van der Waals surface area contributed by atoms with E-state index in [1.165, 1.54) is 55.5 Å². The van der Waals surface area contributed by atoms with Crippen LogP contribution in [0.3, 0.4) is 0 Å². The molecule has 0 amide bonds. The number of rotatable bonds is 7. The largest absolute Gasteiger partial charge is 0.395 e. The van der Waals surface area contributed by atoms with Crippen LogP contribution in [0.4, 0.5) is 0 Å². The monoisotopic (exact) mass is 492 g/mol. The highest BCUT2D eigenvalue weighted by Crippen LogP contribution is 2.43. The first-order valence-corrected chi connectivity index (χ1v) is 13.3. The summed E-state index contributed by atoms with van der Waals surface area (Å²) in [6.45, 7) is 13.8. The zero-order chi connectivity index (χ0) is 26.3. The van der Waals surface area contributed by atoms with Gasteiger partial charge in [0.25, 0.3) is 0 Å². The van der Waals surface area contributed by atoms with E-state index < -0.39 is 0 Å². The number of aryl methyl sites for hydroxylation is 2. The normalized spacial score (nSPS) is 16.6. The maximum absolute atomic E-state index is 10.7. The van der Waals surface area contributed by atoms with Crippen molar-refractivity contribution in [2.45, 2.75) is 46.1 Å². The second-order valence-electron chi connectivity index (χ2n) is 11.0. The van der Waals surface area contributed by atoms with Gasteiger partial charge in [-0.1, -0.05) is 68.0 Å². The molecule has 1 aliphatic rings. The van der Waals surface area contributed by atoms with Gasteiger partial charge < -0.3 is 9.84 Å². The first kappa shape index (κ1) is 25.4. The lowest BCUT2D eigenvalue weighted by atomic mass is 9.79. The summed E-state index contributed by atoms with van der Waals surface area (Å²) in [4.78, 5) is 0. The van der Waals surface area contributed by atoms with Crippen molar-refractivity contribution in [3.63, 3.8) is 0 Å². The average Bonchev–Trinajstić information content (AvgIpc) is 2.88. The first-order chi connectivity index (χ1) is 17.8. The van der Waals surface area contributed by atoms with E-state index in [-0.39, 0.29) is 18.6 Å². The van der Waals surface area contributed by atoms with Crippen LogP contribution < -0.4 is 4.57 Å². The van der Waals surface area contributed by atoms with Crippen LogP contribution in [0.2, 0.25) is 0 Å². The molecule has 2 heterocycles. The van der Waals surface area contributed by atoms with Crippen molar-refractivity contribution < 1.29 is 14.4 Å². The molecule has 0 fully saturated rings. The van der Waals surface area contributed by atoms with Crippen molar-refractivity contribution in [2.75, 3.05) is 20.3 Å². The molecular formula is C34H38NO2+. The summed E-state index contributed by atoms with van der Waals surface area (Å²) in [5, 5.41) is 11.9. The van der Waals surface area contributed by atoms with Crippen LogP contribution in [0.1, 0.15) is 48.1 Å². The second-order valence-corrected chi connectivity index (χ2v) is 11.0. The third-order valence-corrected chi connectivity index (χ3v) is 7.67. The average molecular weight is 493 g/mol. The molecule has 1 aliphatic heterocycles. The van der Waals surface area contributed by atoms with Gasteiger partial charge in [0, 0.05) is 24.8 Å². The Kier molecular flexibility index (Phi) is 7.02. The van der Waals surface area contributed by atoms with Gasteiger partial charge in [0.05, 0.1) is 30.1 Å². The number of methoxy groups -OCH3 is 1. The van der Waals surface area contributed by atoms with Gasteiger partial charge in [-0.2, -0.15) is 4.57 Å². The van der Waals surface area contributed by atoms with Gasteiger partial charge in [-0.15, -0.1) is 0 Å². The third kappa shape index (κ3) is 4.63. The Morgan fingerprint density at radius 1 is 0.946 bits per heavy atom. The third-order valence-electron chi connectivity index (χ3n) is 7.67. The summed E-state index contributed by atoms with van der Waals surface area (Å²) < 4.78 is 7.97. The molecule has 3 heteroatoms. The topological polar surface area (TPSA) is 33.3 Å². The Labute approximate surface area is 221 Å². The molecule has 0 saturated heterocycles. The van der Waals surface area contributed by atoms with Gasteiger partial charge in [-0.05, 0) is 66.6 Å². The van der Waals surface area contributed by atoms with E-state index in [2.05, 4.69) is 106 Å². The lowest BCUT2D eigenvalue weighted by molar-refractivity contribution is -0.685. The van der Waals surface area contributed by atoms with Gasteiger partial charge in [0.2, 0.25) is 11.2 Å². The van der Waals surface area contributed by atoms with E-state index >= 15 is 0 Å². The lowest BCUT2D eigenvalue weighted by Gasteiger charge is -2.32. The molecule has 2 unspecified atom stereocenters. The molecule has 2 atom stereocenters. The molecule has 3 aromatic carbocycles. The van der Waals surface area contributed by atoms with Crippen LogP contribution in [0, 0.1) is 19.8 Å². The zero-order valence-corrected chi connectivity index (χ0v) is 22.7. The predicted molar refractivity (Wildman–Crippen MR) is 153 cm³/mol. The summed E-state index contributed by atoms with van der Waals surface area (Å²) in [6, 6.07) is 24.5. The van der Waals surface area contributed by atoms with E-state index in [9.17, 15) is 5.11 Å². The van der Waals surface area contributed by atoms with Crippen molar-refractivity contribution in [3.05, 3.63) is 101 Å². The summed E-state index contributed by atoms with van der Waals surface area (Å²) in [6.07, 6.45) is 0.996. The number of benzene rings is 3. The highest BCUT2D eigenvalue weighted by atomic mass is 16.5. The van der Waals surface area contributed by atoms with Crippen molar-refractivity contribution in [3.8, 4) is 22.4 Å². The number of nitrogens with zero attached hydrogens (tertiary/aromatic N) is 1. The van der Waals surface area contributed by atoms with Crippen LogP contribution in [-0.2, 0) is 11.2 Å². The summed E-state index contributed by atoms with van der Waals surface area (Å²) >= 11 is 0. The van der Waals surface area contributed by atoms with Gasteiger partial charge >= 0.3 is 0 Å². The fourth-order valence-corrected chi connectivity index (χ4v) is 5.99. The van der Waals surface area contributed by atoms with Crippen LogP contribution in [-0.4, -0.2) is 25.4 Å². The Hall–Kier alpha value is -3.27. The molecule has 0 spiro atoms. The minimum atomic E-state index is -0.101. The van der Waals surface area contributed by atoms with Crippen molar-refractivity contribution in [2.24, 2.45) is 5.92 Å². The van der Waals surface area contributed by atoms with Crippen LogP contribution in [0.15, 0.2) is 78.9 Å². The zero-order valence-electron chi connectivity index (χ0n) is 22.7. The number of aliphatic hydroxyl groups excluding tert-OH is 1. The van der Waals surface area contributed by atoms with Crippen LogP contribution in [0.5, 0.6) is 0 Å². The Morgan fingerprint density at radius 2 is 1.65 bits per heavy atom. The molecule has 0 bridgehead atoms. The van der Waals surface area contributed by atoms with Gasteiger partial charge in [-0.25, -0.2) is 0 Å². The Balaban J connectivity index is 1.85. The molecule has 190 valence electrons. The highest BCUT2D eigenvalue weighted by Gasteiger charge is 2.43. The van der Waals surface area contributed by atoms with Crippen molar-refractivity contribution >= 4 is 10.9 Å². The number of hydrogen-bond acceptors (Lipinski definition) is 2. The molecule has 0 aliphatic carbocycles. The molecule has 0 saturated carbocycles. The second kappa shape index (κ2) is 10.2. The Bertz CT molecular complexity index is 1470. The molecule has 5 rings (SSSR count). The molecule has 1 aromatic heterocycles. The molecule has 37 heavy (non-hydrogen) atoms. The SMILES string of the molecule is C=C(COC)C1C(CO)c2ccc(C)cc2-c2cc(CC(C)C)c3cc(-c4ccc(C)cc4)ccc3[n+]21. The fraction of sp³-hybridized carbons (Fsp3) is 0.324. The molecule has 3 nitrogen and oxygen atoms in total. The van der Waals surface area contributed by atoms with Gasteiger partial charge in [0.15, 0.2) is 6.04 Å². The molecule has 4 aromatic rings. The minimum Gasteiger partial charge on any atom is -0.395 e. The predicted octanol–water partition coefficient (Wildman–Crippen LogP) is 7.11. The number of fused-ring (bicyclic) bond motifs is 5. The minimum absolute atomic E-state index is 0.0482. The van der Waals surface area contributed by atoms with E-state index in [0.717, 1.165) is 12.0 Å². The van der Waals surface area contributed by atoms with E-state index in [0.29, 0.717) is 12.5 Å². The number of aliphatic hydroxyl groups is 1. The van der Waals surface area contributed by atoms with Crippen LogP contribution >= 0.6 is 0 Å². The maximum atomic E-state index is 10.7. The standard InChI is InChI=1S/C34H38NO2/c1-21(2)15-27-18-33-30-16-23(4)9-13-28(30)31(19-36)34(24(5)20-37-6)35(33)32-14-12-26(17-29(27)32)25-10-7-22(3)8-11-25/h7-14,16-18,21,31,34,36H,5,15,19-20H2,1-4,6H3/q+1. The molecule has 0 radical (unpaired) electrons. The summed E-state index contributed by atoms with van der Waals surface area (Å²) in [5.41, 5.74) is 12.0. The first-order valence-electron chi connectivity index (χ1n) is 13.3. The molecule has 1 N–H and O–H groups in total. The van der Waals surface area contributed by atoms with Crippen molar-refractivity contribution in [1.29, 1.82) is 0 Å². The van der Waals surface area contributed by atoms with Gasteiger partial charge in [0.1, 0.15) is 0 Å². The maximum Gasteiger partial charge on any atom is 0.214 e. The molecular weight excluding hydrogens is 454 g/mol. The van der Waals surface area contributed by atoms with E-state index in [4.69, 9.17) is 4.74 Å². The lowest BCUT2D eigenvalue weighted by Crippen LogP contribution is -2.50. The summed E-state index contributed by atoms with van der Waals surface area (Å²) in [5.74, 6) is 0.436. The van der Waals surface area contributed by atoms with Crippen molar-refractivity contribution in [1.82, 2.24) is 0 Å². The van der Waals surface area contributed by atoms with E-state index in [1.807, 2.05) is 0 Å². The van der Waals surface area contributed by atoms with E-state index in [1.54, 1.807) is 7.11 Å². The quantitative estimate of drug-likeness (QED) is 0.220. The number of hydrogen-bond donors (Lipinski definition) is 1. The summed E-state index contributed by atoms with van der Waals surface area (Å²) in [7, 11) is 1.71. The smallest absolute Gasteiger partial charge is 0.214 e. The Morgan fingerprint density at radius 3 is 2.32 bits per heavy atom. The number of pyridine rings is 1. The van der Waals surface area contributed by atoms with Gasteiger partial charge in [-0.3, -0.25) is 0 Å². The highest BCUT2D eigenvalue weighted by molar-refractivity contribution is 5.87. The number of ether oxygens (including phenoxy) is 1.